The van der Waals surface area contributed by atoms with Crippen molar-refractivity contribution in [1.82, 2.24) is 15.1 Å². The molecule has 0 bridgehead atoms. The van der Waals surface area contributed by atoms with Gasteiger partial charge in [-0.25, -0.2) is 0 Å². The van der Waals surface area contributed by atoms with Gasteiger partial charge in [0.1, 0.15) is 9.43 Å². The van der Waals surface area contributed by atoms with Gasteiger partial charge in [0, 0.05) is 18.5 Å². The molecule has 1 amide bonds. The SMILES string of the molecule is CN(C(=O)c1cc2c(Br)[nH]nc2s1)C1CC1(C)C. The molecule has 1 aliphatic rings. The van der Waals surface area contributed by atoms with Crippen LogP contribution in [0.25, 0.3) is 10.2 Å². The molecule has 1 unspecified atom stereocenters. The van der Waals surface area contributed by atoms with Crippen molar-refractivity contribution in [2.24, 2.45) is 5.41 Å². The zero-order chi connectivity index (χ0) is 13.1. The zero-order valence-corrected chi connectivity index (χ0v) is 12.9. The first-order valence-electron chi connectivity index (χ1n) is 5.81. The highest BCUT2D eigenvalue weighted by molar-refractivity contribution is 9.10. The number of hydrogen-bond donors (Lipinski definition) is 1. The molecule has 18 heavy (non-hydrogen) atoms. The predicted octanol–water partition coefficient (Wildman–Crippen LogP) is 3.26. The van der Waals surface area contributed by atoms with E-state index in [9.17, 15) is 4.79 Å². The summed E-state index contributed by atoms with van der Waals surface area (Å²) in [5.74, 6) is 0.0977. The Morgan fingerprint density at radius 2 is 2.33 bits per heavy atom. The molecular weight excluding hydrogens is 314 g/mol. The third kappa shape index (κ3) is 1.78. The Balaban J connectivity index is 1.88. The first-order chi connectivity index (χ1) is 8.40. The molecule has 0 radical (unpaired) electrons. The zero-order valence-electron chi connectivity index (χ0n) is 10.5. The predicted molar refractivity (Wildman–Crippen MR) is 76.0 cm³/mol. The van der Waals surface area contributed by atoms with Crippen LogP contribution in [0, 0.1) is 5.41 Å². The third-order valence-electron chi connectivity index (χ3n) is 3.66. The molecule has 1 atom stereocenters. The fourth-order valence-electron chi connectivity index (χ4n) is 2.30. The molecule has 0 spiro atoms. The van der Waals surface area contributed by atoms with Gasteiger partial charge in [0.25, 0.3) is 5.91 Å². The van der Waals surface area contributed by atoms with Crippen LogP contribution in [-0.2, 0) is 0 Å². The van der Waals surface area contributed by atoms with Gasteiger partial charge in [-0.05, 0) is 33.8 Å². The van der Waals surface area contributed by atoms with Gasteiger partial charge >= 0.3 is 0 Å². The maximum absolute atomic E-state index is 12.4. The van der Waals surface area contributed by atoms with Crippen LogP contribution in [0.2, 0.25) is 0 Å². The molecule has 2 heterocycles. The van der Waals surface area contributed by atoms with Crippen molar-refractivity contribution in [1.29, 1.82) is 0 Å². The van der Waals surface area contributed by atoms with E-state index in [0.29, 0.717) is 6.04 Å². The number of fused-ring (bicyclic) bond motifs is 1. The minimum atomic E-state index is 0.0977. The average molecular weight is 328 g/mol. The maximum atomic E-state index is 12.4. The van der Waals surface area contributed by atoms with E-state index in [1.54, 1.807) is 0 Å². The molecule has 1 N–H and O–H groups in total. The lowest BCUT2D eigenvalue weighted by molar-refractivity contribution is 0.0773. The number of carbonyl (C=O) groups is 1. The van der Waals surface area contributed by atoms with E-state index < -0.39 is 0 Å². The molecule has 2 aromatic heterocycles. The molecular formula is C12H14BrN3OS. The van der Waals surface area contributed by atoms with Crippen LogP contribution in [0.5, 0.6) is 0 Å². The Hall–Kier alpha value is -0.880. The fourth-order valence-corrected chi connectivity index (χ4v) is 3.80. The number of hydrogen-bond acceptors (Lipinski definition) is 3. The number of nitrogens with zero attached hydrogens (tertiary/aromatic N) is 2. The fraction of sp³-hybridized carbons (Fsp3) is 0.500. The van der Waals surface area contributed by atoms with E-state index in [2.05, 4.69) is 40.0 Å². The molecule has 4 nitrogen and oxygen atoms in total. The summed E-state index contributed by atoms with van der Waals surface area (Å²) in [5, 5.41) is 7.98. The summed E-state index contributed by atoms with van der Waals surface area (Å²) in [6, 6.07) is 2.27. The van der Waals surface area contributed by atoms with Crippen molar-refractivity contribution in [3.05, 3.63) is 15.5 Å². The van der Waals surface area contributed by atoms with Gasteiger partial charge in [0.15, 0.2) is 0 Å². The van der Waals surface area contributed by atoms with Gasteiger partial charge in [0.05, 0.1) is 4.88 Å². The van der Waals surface area contributed by atoms with E-state index in [-0.39, 0.29) is 11.3 Å². The summed E-state index contributed by atoms with van der Waals surface area (Å²) >= 11 is 4.83. The lowest BCUT2D eigenvalue weighted by Gasteiger charge is -2.18. The normalized spacial score (nSPS) is 21.2. The summed E-state index contributed by atoms with van der Waals surface area (Å²) < 4.78 is 0.835. The summed E-state index contributed by atoms with van der Waals surface area (Å²) in [6.07, 6.45) is 1.09. The lowest BCUT2D eigenvalue weighted by atomic mass is 10.2. The number of amides is 1. The van der Waals surface area contributed by atoms with E-state index in [0.717, 1.165) is 26.1 Å². The summed E-state index contributed by atoms with van der Waals surface area (Å²) in [4.78, 5) is 15.9. The van der Waals surface area contributed by atoms with Crippen LogP contribution in [0.15, 0.2) is 10.7 Å². The van der Waals surface area contributed by atoms with Gasteiger partial charge in [0.2, 0.25) is 0 Å². The molecule has 6 heteroatoms. The van der Waals surface area contributed by atoms with Crippen molar-refractivity contribution >= 4 is 43.4 Å². The van der Waals surface area contributed by atoms with E-state index >= 15 is 0 Å². The lowest BCUT2D eigenvalue weighted by Crippen LogP contribution is -2.30. The third-order valence-corrected chi connectivity index (χ3v) is 5.29. The molecule has 96 valence electrons. The van der Waals surface area contributed by atoms with Gasteiger partial charge in [-0.3, -0.25) is 9.89 Å². The van der Waals surface area contributed by atoms with Gasteiger partial charge in [-0.2, -0.15) is 5.10 Å². The second-order valence-corrected chi connectivity index (χ2v) is 7.32. The first kappa shape index (κ1) is 12.2. The number of aromatic amines is 1. The highest BCUT2D eigenvalue weighted by Gasteiger charge is 2.49. The molecule has 0 saturated heterocycles. The second kappa shape index (κ2) is 3.81. The van der Waals surface area contributed by atoms with Gasteiger partial charge in [-0.1, -0.05) is 13.8 Å². The number of halogens is 1. The standard InChI is InChI=1S/C12H14BrN3OS/c1-12(2)5-8(12)16(3)11(17)7-4-6-9(13)14-15-10(6)18-7/h4,8H,5H2,1-3H3,(H,14,15). The number of aromatic nitrogens is 2. The maximum Gasteiger partial charge on any atom is 0.264 e. The summed E-state index contributed by atoms with van der Waals surface area (Å²) in [7, 11) is 1.89. The monoisotopic (exact) mass is 327 g/mol. The number of rotatable bonds is 2. The molecule has 1 fully saturated rings. The van der Waals surface area contributed by atoms with Crippen LogP contribution in [0.4, 0.5) is 0 Å². The van der Waals surface area contributed by atoms with Crippen molar-refractivity contribution < 1.29 is 4.79 Å². The largest absolute Gasteiger partial charge is 0.337 e. The minimum Gasteiger partial charge on any atom is -0.337 e. The molecule has 1 aliphatic carbocycles. The molecule has 0 aliphatic heterocycles. The molecule has 1 saturated carbocycles. The minimum absolute atomic E-state index is 0.0977. The van der Waals surface area contributed by atoms with Crippen LogP contribution in [0.3, 0.4) is 0 Å². The summed E-state index contributed by atoms with van der Waals surface area (Å²) in [5.41, 5.74) is 0.267. The summed E-state index contributed by atoms with van der Waals surface area (Å²) in [6.45, 7) is 4.39. The molecule has 3 rings (SSSR count). The van der Waals surface area contributed by atoms with E-state index in [4.69, 9.17) is 0 Å². The number of nitrogens with one attached hydrogen (secondary N) is 1. The average Bonchev–Trinajstić information content (AvgIpc) is 2.67. The van der Waals surface area contributed by atoms with Crippen LogP contribution in [-0.4, -0.2) is 34.1 Å². The van der Waals surface area contributed by atoms with Crippen molar-refractivity contribution in [2.75, 3.05) is 7.05 Å². The Labute approximate surface area is 117 Å². The first-order valence-corrected chi connectivity index (χ1v) is 7.41. The van der Waals surface area contributed by atoms with E-state index in [1.165, 1.54) is 11.3 Å². The highest BCUT2D eigenvalue weighted by atomic mass is 79.9. The van der Waals surface area contributed by atoms with Crippen LogP contribution >= 0.6 is 27.3 Å². The number of carbonyl (C=O) groups excluding carboxylic acids is 1. The topological polar surface area (TPSA) is 49.0 Å². The highest BCUT2D eigenvalue weighted by Crippen LogP contribution is 2.48. The molecule has 0 aromatic carbocycles. The van der Waals surface area contributed by atoms with Gasteiger partial charge < -0.3 is 4.90 Å². The van der Waals surface area contributed by atoms with Gasteiger partial charge in [-0.15, -0.1) is 11.3 Å². The Bertz CT molecular complexity index is 630. The Morgan fingerprint density at radius 3 is 2.89 bits per heavy atom. The van der Waals surface area contributed by atoms with Crippen LogP contribution in [0.1, 0.15) is 29.9 Å². The van der Waals surface area contributed by atoms with Crippen molar-refractivity contribution in [2.45, 2.75) is 26.3 Å². The Morgan fingerprint density at radius 1 is 1.67 bits per heavy atom. The van der Waals surface area contributed by atoms with Crippen molar-refractivity contribution in [3.8, 4) is 0 Å². The quantitative estimate of drug-likeness (QED) is 0.920. The Kier molecular flexibility index (Phi) is 2.57. The van der Waals surface area contributed by atoms with Crippen LogP contribution < -0.4 is 0 Å². The van der Waals surface area contributed by atoms with E-state index in [1.807, 2.05) is 18.0 Å². The second-order valence-electron chi connectivity index (χ2n) is 5.49. The molecule has 2 aromatic rings. The van der Waals surface area contributed by atoms with Crippen molar-refractivity contribution in [3.63, 3.8) is 0 Å². The number of H-pyrrole nitrogens is 1. The smallest absolute Gasteiger partial charge is 0.264 e. The number of thiophene rings is 1.